The van der Waals surface area contributed by atoms with E-state index in [4.69, 9.17) is 12.2 Å². The van der Waals surface area contributed by atoms with Crippen LogP contribution in [0.15, 0.2) is 29.1 Å². The molecule has 1 aromatic carbocycles. The fourth-order valence-corrected chi connectivity index (χ4v) is 3.08. The van der Waals surface area contributed by atoms with Crippen molar-refractivity contribution in [3.05, 3.63) is 39.4 Å². The molecule has 1 aliphatic heterocycles. The van der Waals surface area contributed by atoms with E-state index in [0.717, 1.165) is 12.1 Å². The third kappa shape index (κ3) is 2.48. The van der Waals surface area contributed by atoms with Crippen LogP contribution in [0.1, 0.15) is 12.8 Å². The minimum atomic E-state index is 0.0259. The van der Waals surface area contributed by atoms with Crippen molar-refractivity contribution in [2.75, 3.05) is 19.6 Å². The lowest BCUT2D eigenvalue weighted by molar-refractivity contribution is -0.888. The molecular formula is C14H18N3OS+. The molecule has 1 fully saturated rings. The number of benzene rings is 1. The highest BCUT2D eigenvalue weighted by Gasteiger charge is 2.15. The summed E-state index contributed by atoms with van der Waals surface area (Å²) in [4.78, 5) is 17.1. The zero-order valence-electron chi connectivity index (χ0n) is 10.8. The number of hydrogen-bond acceptors (Lipinski definition) is 2. The van der Waals surface area contributed by atoms with E-state index >= 15 is 0 Å². The predicted octanol–water partition coefficient (Wildman–Crippen LogP) is 0.738. The maximum atomic E-state index is 12.4. The first-order valence-corrected chi connectivity index (χ1v) is 7.22. The van der Waals surface area contributed by atoms with E-state index in [1.165, 1.54) is 25.9 Å². The van der Waals surface area contributed by atoms with Crippen LogP contribution in [0.2, 0.25) is 0 Å². The molecule has 1 aromatic heterocycles. The Morgan fingerprint density at radius 3 is 2.79 bits per heavy atom. The van der Waals surface area contributed by atoms with Gasteiger partial charge < -0.3 is 9.88 Å². The molecule has 0 amide bonds. The second-order valence-corrected chi connectivity index (χ2v) is 5.53. The molecule has 0 unspecified atom stereocenters. The molecule has 0 radical (unpaired) electrons. The van der Waals surface area contributed by atoms with Crippen molar-refractivity contribution >= 4 is 23.1 Å². The third-order valence-corrected chi connectivity index (χ3v) is 4.21. The minimum absolute atomic E-state index is 0.0259. The van der Waals surface area contributed by atoms with Gasteiger partial charge in [0.15, 0.2) is 4.77 Å². The van der Waals surface area contributed by atoms with E-state index in [0.29, 0.717) is 16.7 Å². The van der Waals surface area contributed by atoms with E-state index in [-0.39, 0.29) is 5.56 Å². The molecule has 4 nitrogen and oxygen atoms in total. The highest BCUT2D eigenvalue weighted by Crippen LogP contribution is 2.05. The number of quaternary nitrogens is 1. The van der Waals surface area contributed by atoms with Gasteiger partial charge in [0.1, 0.15) is 0 Å². The van der Waals surface area contributed by atoms with Crippen molar-refractivity contribution in [2.24, 2.45) is 0 Å². The molecule has 2 heterocycles. The summed E-state index contributed by atoms with van der Waals surface area (Å²) >= 11 is 5.31. The van der Waals surface area contributed by atoms with Crippen LogP contribution in [0.4, 0.5) is 0 Å². The van der Waals surface area contributed by atoms with Crippen LogP contribution in [0.3, 0.4) is 0 Å². The van der Waals surface area contributed by atoms with E-state index in [1.54, 1.807) is 9.47 Å². The van der Waals surface area contributed by atoms with Gasteiger partial charge in [0.25, 0.3) is 5.56 Å². The zero-order valence-corrected chi connectivity index (χ0v) is 11.6. The number of aromatic nitrogens is 2. The summed E-state index contributed by atoms with van der Waals surface area (Å²) in [6, 6.07) is 7.53. The summed E-state index contributed by atoms with van der Waals surface area (Å²) in [7, 11) is 0. The van der Waals surface area contributed by atoms with Gasteiger partial charge in [-0.05, 0) is 24.4 Å². The van der Waals surface area contributed by atoms with Gasteiger partial charge >= 0.3 is 0 Å². The van der Waals surface area contributed by atoms with Gasteiger partial charge in [-0.1, -0.05) is 12.1 Å². The third-order valence-electron chi connectivity index (χ3n) is 3.89. The van der Waals surface area contributed by atoms with Crippen molar-refractivity contribution < 1.29 is 4.90 Å². The first kappa shape index (κ1) is 12.6. The van der Waals surface area contributed by atoms with Gasteiger partial charge in [-0.25, -0.2) is 0 Å². The second-order valence-electron chi connectivity index (χ2n) is 5.14. The molecule has 2 aromatic rings. The number of aromatic amines is 1. The Bertz CT molecular complexity index is 698. The van der Waals surface area contributed by atoms with Crippen molar-refractivity contribution in [1.29, 1.82) is 0 Å². The molecule has 0 aliphatic carbocycles. The molecule has 0 atom stereocenters. The van der Waals surface area contributed by atoms with Crippen LogP contribution in [0.5, 0.6) is 0 Å². The van der Waals surface area contributed by atoms with Crippen LogP contribution >= 0.6 is 12.2 Å². The zero-order chi connectivity index (χ0) is 13.2. The Kier molecular flexibility index (Phi) is 3.48. The summed E-state index contributed by atoms with van der Waals surface area (Å²) in [5, 5.41) is 0.715. The van der Waals surface area contributed by atoms with Crippen LogP contribution in [-0.4, -0.2) is 29.2 Å². The Hall–Kier alpha value is -1.46. The monoisotopic (exact) mass is 276 g/mol. The minimum Gasteiger partial charge on any atom is -0.333 e. The Morgan fingerprint density at radius 1 is 1.26 bits per heavy atom. The predicted molar refractivity (Wildman–Crippen MR) is 78.2 cm³/mol. The number of nitrogens with zero attached hydrogens (tertiary/aromatic N) is 1. The fourth-order valence-electron chi connectivity index (χ4n) is 2.80. The number of hydrogen-bond donors (Lipinski definition) is 2. The standard InChI is InChI=1S/C14H17N3OS/c18-13-11-5-1-2-6-12(11)15-14(19)17(13)10-9-16-7-3-4-8-16/h1-2,5-6H,3-4,7-10H2,(H,15,19)/p+1. The van der Waals surface area contributed by atoms with Crippen molar-refractivity contribution in [3.8, 4) is 0 Å². The highest BCUT2D eigenvalue weighted by atomic mass is 32.1. The Labute approximate surface area is 116 Å². The molecule has 0 spiro atoms. The van der Waals surface area contributed by atoms with E-state index in [2.05, 4.69) is 4.98 Å². The lowest BCUT2D eigenvalue weighted by Crippen LogP contribution is -3.10. The lowest BCUT2D eigenvalue weighted by atomic mass is 10.2. The SMILES string of the molecule is O=c1c2ccccc2[nH]c(=S)n1CC[NH+]1CCCC1. The molecule has 1 saturated heterocycles. The molecule has 0 saturated carbocycles. The quantitative estimate of drug-likeness (QED) is 0.812. The number of fused-ring (bicyclic) bond motifs is 1. The number of para-hydroxylation sites is 1. The van der Waals surface area contributed by atoms with Gasteiger partial charge in [0, 0.05) is 12.8 Å². The van der Waals surface area contributed by atoms with E-state index < -0.39 is 0 Å². The normalized spacial score (nSPS) is 16.2. The second kappa shape index (κ2) is 5.27. The molecular weight excluding hydrogens is 258 g/mol. The fraction of sp³-hybridized carbons (Fsp3) is 0.429. The topological polar surface area (TPSA) is 42.2 Å². The van der Waals surface area contributed by atoms with E-state index in [1.807, 2.05) is 24.3 Å². The Balaban J connectivity index is 1.94. The van der Waals surface area contributed by atoms with Crippen molar-refractivity contribution in [3.63, 3.8) is 0 Å². The van der Waals surface area contributed by atoms with Crippen LogP contribution in [-0.2, 0) is 6.54 Å². The Morgan fingerprint density at radius 2 is 2.00 bits per heavy atom. The summed E-state index contributed by atoms with van der Waals surface area (Å²) in [6.07, 6.45) is 2.60. The first-order valence-electron chi connectivity index (χ1n) is 6.81. The summed E-state index contributed by atoms with van der Waals surface area (Å²) in [5.74, 6) is 0. The molecule has 3 rings (SSSR count). The molecule has 0 bridgehead atoms. The summed E-state index contributed by atoms with van der Waals surface area (Å²) < 4.78 is 2.23. The number of nitrogens with one attached hydrogen (secondary N) is 2. The highest BCUT2D eigenvalue weighted by molar-refractivity contribution is 7.71. The lowest BCUT2D eigenvalue weighted by Gasteiger charge is -2.13. The summed E-state index contributed by atoms with van der Waals surface area (Å²) in [6.45, 7) is 4.13. The van der Waals surface area contributed by atoms with Gasteiger partial charge in [-0.2, -0.15) is 0 Å². The van der Waals surface area contributed by atoms with Gasteiger partial charge in [-0.15, -0.1) is 0 Å². The average molecular weight is 276 g/mol. The van der Waals surface area contributed by atoms with Crippen LogP contribution in [0, 0.1) is 4.77 Å². The van der Waals surface area contributed by atoms with Crippen LogP contribution in [0.25, 0.3) is 10.9 Å². The molecule has 1 aliphatic rings. The maximum Gasteiger partial charge on any atom is 0.262 e. The van der Waals surface area contributed by atoms with Gasteiger partial charge in [0.2, 0.25) is 0 Å². The smallest absolute Gasteiger partial charge is 0.262 e. The van der Waals surface area contributed by atoms with Gasteiger partial charge in [-0.3, -0.25) is 9.36 Å². The molecule has 19 heavy (non-hydrogen) atoms. The summed E-state index contributed by atoms with van der Waals surface area (Å²) in [5.41, 5.74) is 0.847. The number of likely N-dealkylation sites (tertiary alicyclic amines) is 1. The van der Waals surface area contributed by atoms with Gasteiger partial charge in [0.05, 0.1) is 37.1 Å². The number of rotatable bonds is 3. The average Bonchev–Trinajstić information content (AvgIpc) is 2.92. The maximum absolute atomic E-state index is 12.4. The first-order chi connectivity index (χ1) is 9.25. The molecule has 2 N–H and O–H groups in total. The van der Waals surface area contributed by atoms with Crippen molar-refractivity contribution in [2.45, 2.75) is 19.4 Å². The molecule has 100 valence electrons. The van der Waals surface area contributed by atoms with E-state index in [9.17, 15) is 4.79 Å². The number of H-pyrrole nitrogens is 1. The van der Waals surface area contributed by atoms with Crippen LogP contribution < -0.4 is 10.5 Å². The molecule has 5 heteroatoms. The largest absolute Gasteiger partial charge is 0.333 e. The van der Waals surface area contributed by atoms with Crippen molar-refractivity contribution in [1.82, 2.24) is 9.55 Å².